The van der Waals surface area contributed by atoms with Gasteiger partial charge in [0.2, 0.25) is 0 Å². The summed E-state index contributed by atoms with van der Waals surface area (Å²) in [5.74, 6) is 0.756. The second-order valence-electron chi connectivity index (χ2n) is 4.00. The van der Waals surface area contributed by atoms with Gasteiger partial charge in [-0.05, 0) is 32.2 Å². The number of aryl methyl sites for hydroxylation is 1. The van der Waals surface area contributed by atoms with E-state index in [2.05, 4.69) is 38.3 Å². The molecule has 0 radical (unpaired) electrons. The van der Waals surface area contributed by atoms with Crippen LogP contribution in [0.1, 0.15) is 18.5 Å². The normalized spacial score (nSPS) is 12.4. The molecule has 1 aromatic heterocycles. The average molecular weight is 311 g/mol. The molecule has 0 saturated heterocycles. The maximum atomic E-state index is 5.70. The van der Waals surface area contributed by atoms with Crippen molar-refractivity contribution < 1.29 is 4.74 Å². The van der Waals surface area contributed by atoms with E-state index in [1.807, 2.05) is 25.2 Å². The number of hydrogen-bond acceptors (Lipinski definition) is 4. The van der Waals surface area contributed by atoms with Crippen molar-refractivity contribution in [3.05, 3.63) is 34.6 Å². The van der Waals surface area contributed by atoms with Gasteiger partial charge in [-0.1, -0.05) is 15.9 Å². The molecule has 0 aliphatic carbocycles. The highest BCUT2D eigenvalue weighted by molar-refractivity contribution is 9.10. The van der Waals surface area contributed by atoms with Crippen molar-refractivity contribution in [2.45, 2.75) is 13.0 Å². The highest BCUT2D eigenvalue weighted by atomic mass is 79.9. The zero-order chi connectivity index (χ0) is 13.1. The molecule has 1 atom stereocenters. The summed E-state index contributed by atoms with van der Waals surface area (Å²) >= 11 is 3.46. The Bertz CT molecular complexity index is 541. The van der Waals surface area contributed by atoms with Crippen LogP contribution < -0.4 is 10.1 Å². The first-order chi connectivity index (χ1) is 8.60. The largest absolute Gasteiger partial charge is 0.423 e. The Morgan fingerprint density at radius 3 is 2.83 bits per heavy atom. The summed E-state index contributed by atoms with van der Waals surface area (Å²) in [5.41, 5.74) is 1.05. The number of nitrogens with zero attached hydrogens (tertiary/aromatic N) is 3. The molecule has 0 aliphatic heterocycles. The Labute approximate surface area is 114 Å². The minimum absolute atomic E-state index is 0.182. The summed E-state index contributed by atoms with van der Waals surface area (Å²) in [6, 6.07) is 6.40. The smallest absolute Gasteiger partial charge is 0.340 e. The van der Waals surface area contributed by atoms with Crippen LogP contribution in [0, 0.1) is 0 Å². The molecule has 96 valence electrons. The lowest BCUT2D eigenvalue weighted by molar-refractivity contribution is 0.427. The van der Waals surface area contributed by atoms with Crippen LogP contribution in [-0.4, -0.2) is 21.8 Å². The fourth-order valence-corrected chi connectivity index (χ4v) is 1.95. The van der Waals surface area contributed by atoms with Crippen LogP contribution in [0.25, 0.3) is 0 Å². The maximum Gasteiger partial charge on any atom is 0.340 e. The number of nitrogens with one attached hydrogen (secondary N) is 1. The van der Waals surface area contributed by atoms with Gasteiger partial charge < -0.3 is 10.1 Å². The van der Waals surface area contributed by atoms with Crippen LogP contribution in [0.15, 0.2) is 29.0 Å². The van der Waals surface area contributed by atoms with Gasteiger partial charge in [-0.2, -0.15) is 4.98 Å². The minimum atomic E-state index is 0.182. The van der Waals surface area contributed by atoms with E-state index < -0.39 is 0 Å². The summed E-state index contributed by atoms with van der Waals surface area (Å²) in [4.78, 5) is 4.06. The van der Waals surface area contributed by atoms with Crippen molar-refractivity contribution in [3.8, 4) is 11.8 Å². The van der Waals surface area contributed by atoms with E-state index in [9.17, 15) is 0 Å². The van der Waals surface area contributed by atoms with E-state index in [4.69, 9.17) is 4.74 Å². The van der Waals surface area contributed by atoms with Gasteiger partial charge in [0.1, 0.15) is 12.1 Å². The summed E-state index contributed by atoms with van der Waals surface area (Å²) in [6.07, 6.45) is 1.61. The molecule has 18 heavy (non-hydrogen) atoms. The third kappa shape index (κ3) is 2.88. The highest BCUT2D eigenvalue weighted by Crippen LogP contribution is 2.30. The molecule has 0 amide bonds. The topological polar surface area (TPSA) is 52.0 Å². The van der Waals surface area contributed by atoms with Crippen molar-refractivity contribution in [1.82, 2.24) is 20.1 Å². The summed E-state index contributed by atoms with van der Waals surface area (Å²) in [6.45, 7) is 2.07. The number of halogens is 1. The third-order valence-electron chi connectivity index (χ3n) is 2.65. The lowest BCUT2D eigenvalue weighted by Crippen LogP contribution is -2.13. The fraction of sp³-hybridized carbons (Fsp3) is 0.333. The zero-order valence-corrected chi connectivity index (χ0v) is 12.1. The molecule has 0 spiro atoms. The summed E-state index contributed by atoms with van der Waals surface area (Å²) in [7, 11) is 3.72. The molecule has 2 rings (SSSR count). The van der Waals surface area contributed by atoms with Gasteiger partial charge in [0, 0.05) is 23.1 Å². The SMILES string of the molecule is CNC(C)c1cc(Br)ccc1Oc1ncn(C)n1. The Balaban J connectivity index is 2.31. The quantitative estimate of drug-likeness (QED) is 0.943. The van der Waals surface area contributed by atoms with Crippen molar-refractivity contribution in [2.24, 2.45) is 7.05 Å². The van der Waals surface area contributed by atoms with Gasteiger partial charge in [0.15, 0.2) is 0 Å². The third-order valence-corrected chi connectivity index (χ3v) is 3.14. The molecule has 0 aliphatic rings. The van der Waals surface area contributed by atoms with Gasteiger partial charge in [-0.15, -0.1) is 5.10 Å². The number of ether oxygens (including phenoxy) is 1. The molecular formula is C12H15BrN4O. The molecular weight excluding hydrogens is 296 g/mol. The van der Waals surface area contributed by atoms with E-state index >= 15 is 0 Å². The predicted molar refractivity (Wildman–Crippen MR) is 72.7 cm³/mol. The Kier molecular flexibility index (Phi) is 3.98. The van der Waals surface area contributed by atoms with Crippen molar-refractivity contribution in [3.63, 3.8) is 0 Å². The monoisotopic (exact) mass is 310 g/mol. The average Bonchev–Trinajstić information content (AvgIpc) is 2.76. The molecule has 6 heteroatoms. The van der Waals surface area contributed by atoms with Gasteiger partial charge >= 0.3 is 6.01 Å². The van der Waals surface area contributed by atoms with Gasteiger partial charge in [-0.3, -0.25) is 4.68 Å². The van der Waals surface area contributed by atoms with Crippen molar-refractivity contribution in [2.75, 3.05) is 7.05 Å². The van der Waals surface area contributed by atoms with Crippen LogP contribution in [0.2, 0.25) is 0 Å². The second-order valence-corrected chi connectivity index (χ2v) is 4.91. The van der Waals surface area contributed by atoms with E-state index in [1.54, 1.807) is 18.1 Å². The van der Waals surface area contributed by atoms with Crippen LogP contribution in [-0.2, 0) is 7.05 Å². The lowest BCUT2D eigenvalue weighted by atomic mass is 10.1. The van der Waals surface area contributed by atoms with Crippen LogP contribution in [0.4, 0.5) is 0 Å². The van der Waals surface area contributed by atoms with Gasteiger partial charge in [0.05, 0.1) is 0 Å². The molecule has 1 unspecified atom stereocenters. The first-order valence-electron chi connectivity index (χ1n) is 5.60. The van der Waals surface area contributed by atoms with Crippen molar-refractivity contribution in [1.29, 1.82) is 0 Å². The Hall–Kier alpha value is -1.40. The summed E-state index contributed by atoms with van der Waals surface area (Å²) in [5, 5.41) is 7.30. The van der Waals surface area contributed by atoms with Crippen LogP contribution >= 0.6 is 15.9 Å². The van der Waals surface area contributed by atoms with E-state index in [0.717, 1.165) is 15.8 Å². The number of hydrogen-bond donors (Lipinski definition) is 1. The van der Waals surface area contributed by atoms with Crippen molar-refractivity contribution >= 4 is 15.9 Å². The lowest BCUT2D eigenvalue weighted by Gasteiger charge is -2.15. The summed E-state index contributed by atoms with van der Waals surface area (Å²) < 4.78 is 8.33. The molecule has 1 aromatic carbocycles. The standard InChI is InChI=1S/C12H15BrN4O/c1-8(14-2)10-6-9(13)4-5-11(10)18-12-15-7-17(3)16-12/h4-8,14H,1-3H3. The van der Waals surface area contributed by atoms with E-state index in [0.29, 0.717) is 6.01 Å². The first kappa shape index (κ1) is 13.0. The molecule has 0 bridgehead atoms. The number of benzene rings is 1. The zero-order valence-electron chi connectivity index (χ0n) is 10.5. The molecule has 1 heterocycles. The maximum absolute atomic E-state index is 5.70. The van der Waals surface area contributed by atoms with Gasteiger partial charge in [-0.25, -0.2) is 0 Å². The van der Waals surface area contributed by atoms with Gasteiger partial charge in [0.25, 0.3) is 0 Å². The molecule has 5 nitrogen and oxygen atoms in total. The molecule has 2 aromatic rings. The van der Waals surface area contributed by atoms with Crippen LogP contribution in [0.5, 0.6) is 11.8 Å². The second kappa shape index (κ2) is 5.49. The van der Waals surface area contributed by atoms with E-state index in [-0.39, 0.29) is 6.04 Å². The number of aromatic nitrogens is 3. The minimum Gasteiger partial charge on any atom is -0.423 e. The Morgan fingerprint density at radius 2 is 2.22 bits per heavy atom. The predicted octanol–water partition coefficient (Wildman–Crippen LogP) is 2.65. The van der Waals surface area contributed by atoms with E-state index in [1.165, 1.54) is 0 Å². The number of rotatable bonds is 4. The highest BCUT2D eigenvalue weighted by Gasteiger charge is 2.13. The molecule has 0 saturated carbocycles. The molecule has 0 fully saturated rings. The molecule has 1 N–H and O–H groups in total. The van der Waals surface area contributed by atoms with Crippen LogP contribution in [0.3, 0.4) is 0 Å². The first-order valence-corrected chi connectivity index (χ1v) is 6.39. The Morgan fingerprint density at radius 1 is 1.44 bits per heavy atom. The fourth-order valence-electron chi connectivity index (χ4n) is 1.57.